The van der Waals surface area contributed by atoms with E-state index in [1.54, 1.807) is 18.4 Å². The third-order valence-electron chi connectivity index (χ3n) is 4.02. The second kappa shape index (κ2) is 10.7. The maximum Gasteiger partial charge on any atom is 0.191 e. The third kappa shape index (κ3) is 5.95. The average Bonchev–Trinajstić information content (AvgIpc) is 3.13. The van der Waals surface area contributed by atoms with Gasteiger partial charge in [-0.05, 0) is 19.8 Å². The molecule has 8 heteroatoms. The fourth-order valence-corrected chi connectivity index (χ4v) is 3.47. The number of halogens is 1. The van der Waals surface area contributed by atoms with Crippen LogP contribution in [-0.4, -0.2) is 34.3 Å². The van der Waals surface area contributed by atoms with Crippen molar-refractivity contribution in [2.45, 2.75) is 46.6 Å². The van der Waals surface area contributed by atoms with Crippen LogP contribution in [-0.2, 0) is 32.9 Å². The summed E-state index contributed by atoms with van der Waals surface area (Å²) in [6.45, 7) is 7.91. The van der Waals surface area contributed by atoms with Gasteiger partial charge < -0.3 is 10.6 Å². The predicted octanol–water partition coefficient (Wildman–Crippen LogP) is 2.84. The Morgan fingerprint density at radius 1 is 1.28 bits per heavy atom. The summed E-state index contributed by atoms with van der Waals surface area (Å²) in [4.78, 5) is 8.79. The van der Waals surface area contributed by atoms with Crippen molar-refractivity contribution in [2.75, 3.05) is 13.6 Å². The molecule has 0 bridgehead atoms. The Labute approximate surface area is 171 Å². The van der Waals surface area contributed by atoms with Crippen LogP contribution >= 0.6 is 35.3 Å². The Balaban J connectivity index is 0.00000312. The van der Waals surface area contributed by atoms with Gasteiger partial charge in [-0.15, -0.1) is 35.3 Å². The van der Waals surface area contributed by atoms with Gasteiger partial charge in [0.15, 0.2) is 5.96 Å². The topological polar surface area (TPSA) is 67.1 Å². The molecule has 0 atom stereocenters. The number of nitrogens with one attached hydrogen (secondary N) is 2. The molecule has 0 saturated carbocycles. The van der Waals surface area contributed by atoms with Crippen molar-refractivity contribution >= 4 is 41.3 Å². The standard InChI is InChI=1S/C17H28N6S.HI/c1-6-15-14(16(7-2)23(5)22-15)10-20-17(18-4)19-9-8-13-11-24-12(3)21-13;/h11H,6-10H2,1-5H3,(H2,18,19,20);1H. The second-order valence-electron chi connectivity index (χ2n) is 5.66. The molecule has 0 aliphatic rings. The Bertz CT molecular complexity index is 691. The lowest BCUT2D eigenvalue weighted by atomic mass is 10.1. The lowest BCUT2D eigenvalue weighted by Crippen LogP contribution is -2.38. The number of hydrogen-bond donors (Lipinski definition) is 2. The maximum absolute atomic E-state index is 4.62. The summed E-state index contributed by atoms with van der Waals surface area (Å²) >= 11 is 1.69. The third-order valence-corrected chi connectivity index (χ3v) is 4.85. The van der Waals surface area contributed by atoms with Crippen LogP contribution in [0.1, 0.15) is 41.5 Å². The van der Waals surface area contributed by atoms with Crippen molar-refractivity contribution in [3.05, 3.63) is 33.0 Å². The van der Waals surface area contributed by atoms with E-state index in [0.717, 1.165) is 54.7 Å². The van der Waals surface area contributed by atoms with Gasteiger partial charge in [-0.1, -0.05) is 13.8 Å². The Morgan fingerprint density at radius 2 is 2.04 bits per heavy atom. The molecule has 0 fully saturated rings. The van der Waals surface area contributed by atoms with Crippen LogP contribution < -0.4 is 10.6 Å². The molecule has 2 rings (SSSR count). The first-order chi connectivity index (χ1) is 11.6. The number of nitrogens with zero attached hydrogens (tertiary/aromatic N) is 4. The van der Waals surface area contributed by atoms with Gasteiger partial charge in [0.2, 0.25) is 0 Å². The van der Waals surface area contributed by atoms with Gasteiger partial charge in [0.1, 0.15) is 0 Å². The molecule has 0 amide bonds. The highest BCUT2D eigenvalue weighted by Crippen LogP contribution is 2.15. The van der Waals surface area contributed by atoms with Gasteiger partial charge in [-0.25, -0.2) is 4.98 Å². The van der Waals surface area contributed by atoms with Gasteiger partial charge >= 0.3 is 0 Å². The zero-order valence-electron chi connectivity index (χ0n) is 15.7. The fourth-order valence-electron chi connectivity index (χ4n) is 2.82. The summed E-state index contributed by atoms with van der Waals surface area (Å²) in [5.41, 5.74) is 4.87. The van der Waals surface area contributed by atoms with Crippen molar-refractivity contribution in [1.29, 1.82) is 0 Å². The van der Waals surface area contributed by atoms with Crippen LogP contribution in [0.4, 0.5) is 0 Å². The number of aliphatic imine (C=N–C) groups is 1. The van der Waals surface area contributed by atoms with Gasteiger partial charge in [-0.3, -0.25) is 9.67 Å². The minimum absolute atomic E-state index is 0. The number of aromatic nitrogens is 3. The zero-order chi connectivity index (χ0) is 17.5. The largest absolute Gasteiger partial charge is 0.356 e. The first kappa shape index (κ1) is 21.9. The second-order valence-corrected chi connectivity index (χ2v) is 6.73. The van der Waals surface area contributed by atoms with Crippen LogP contribution in [0.2, 0.25) is 0 Å². The minimum atomic E-state index is 0. The van der Waals surface area contributed by atoms with Crippen LogP contribution in [0, 0.1) is 6.92 Å². The molecule has 2 aromatic heterocycles. The van der Waals surface area contributed by atoms with E-state index in [0.29, 0.717) is 0 Å². The molecule has 0 spiro atoms. The minimum Gasteiger partial charge on any atom is -0.356 e. The summed E-state index contributed by atoms with van der Waals surface area (Å²) in [7, 11) is 3.82. The molecule has 6 nitrogen and oxygen atoms in total. The monoisotopic (exact) mass is 476 g/mol. The number of guanidine groups is 1. The van der Waals surface area contributed by atoms with E-state index in [1.807, 2.05) is 18.7 Å². The van der Waals surface area contributed by atoms with Crippen LogP contribution in [0.25, 0.3) is 0 Å². The highest BCUT2D eigenvalue weighted by molar-refractivity contribution is 14.0. The van der Waals surface area contributed by atoms with E-state index in [1.165, 1.54) is 11.3 Å². The van der Waals surface area contributed by atoms with Gasteiger partial charge in [-0.2, -0.15) is 5.10 Å². The molecule has 2 N–H and O–H groups in total. The molecule has 2 heterocycles. The van der Waals surface area contributed by atoms with E-state index in [4.69, 9.17) is 0 Å². The van der Waals surface area contributed by atoms with Crippen molar-refractivity contribution in [2.24, 2.45) is 12.0 Å². The summed E-state index contributed by atoms with van der Waals surface area (Å²) in [5.74, 6) is 0.815. The molecule has 0 radical (unpaired) electrons. The summed E-state index contributed by atoms with van der Waals surface area (Å²) < 4.78 is 2.00. The molecule has 0 aliphatic heterocycles. The first-order valence-corrected chi connectivity index (χ1v) is 9.36. The van der Waals surface area contributed by atoms with Crippen molar-refractivity contribution in [3.8, 4) is 0 Å². The summed E-state index contributed by atoms with van der Waals surface area (Å²) in [5, 5.41) is 14.6. The summed E-state index contributed by atoms with van der Waals surface area (Å²) in [6, 6.07) is 0. The molecular formula is C17H29IN6S. The predicted molar refractivity (Wildman–Crippen MR) is 116 cm³/mol. The van der Waals surface area contributed by atoms with Crippen molar-refractivity contribution in [1.82, 2.24) is 25.4 Å². The quantitative estimate of drug-likeness (QED) is 0.367. The lowest BCUT2D eigenvalue weighted by molar-refractivity contribution is 0.702. The molecule has 0 unspecified atom stereocenters. The Kier molecular flexibility index (Phi) is 9.41. The van der Waals surface area contributed by atoms with E-state index in [2.05, 4.69) is 44.9 Å². The lowest BCUT2D eigenvalue weighted by Gasteiger charge is -2.12. The highest BCUT2D eigenvalue weighted by Gasteiger charge is 2.13. The van der Waals surface area contributed by atoms with Crippen LogP contribution in [0.3, 0.4) is 0 Å². The number of rotatable bonds is 7. The van der Waals surface area contributed by atoms with Gasteiger partial charge in [0.05, 0.1) is 16.4 Å². The molecule has 0 aliphatic carbocycles. The normalized spacial score (nSPS) is 11.3. The number of thiazole rings is 1. The molecule has 0 saturated heterocycles. The molecule has 0 aromatic carbocycles. The number of aryl methyl sites for hydroxylation is 3. The maximum atomic E-state index is 4.62. The molecule has 2 aromatic rings. The molecular weight excluding hydrogens is 447 g/mol. The Hall–Kier alpha value is -1.16. The molecule has 140 valence electrons. The first-order valence-electron chi connectivity index (χ1n) is 8.48. The van der Waals surface area contributed by atoms with Gasteiger partial charge in [0, 0.05) is 50.2 Å². The zero-order valence-corrected chi connectivity index (χ0v) is 18.9. The molecule has 25 heavy (non-hydrogen) atoms. The van der Waals surface area contributed by atoms with E-state index >= 15 is 0 Å². The summed E-state index contributed by atoms with van der Waals surface area (Å²) in [6.07, 6.45) is 2.83. The van der Waals surface area contributed by atoms with Crippen LogP contribution in [0.15, 0.2) is 10.4 Å². The number of hydrogen-bond acceptors (Lipinski definition) is 4. The van der Waals surface area contributed by atoms with Crippen LogP contribution in [0.5, 0.6) is 0 Å². The van der Waals surface area contributed by atoms with Crippen molar-refractivity contribution in [3.63, 3.8) is 0 Å². The smallest absolute Gasteiger partial charge is 0.191 e. The van der Waals surface area contributed by atoms with Gasteiger partial charge in [0.25, 0.3) is 0 Å². The average molecular weight is 476 g/mol. The van der Waals surface area contributed by atoms with E-state index < -0.39 is 0 Å². The fraction of sp³-hybridized carbons (Fsp3) is 0.588. The highest BCUT2D eigenvalue weighted by atomic mass is 127. The SMILES string of the molecule is CCc1nn(C)c(CC)c1CNC(=NC)NCCc1csc(C)n1.I. The van der Waals surface area contributed by atoms with E-state index in [9.17, 15) is 0 Å². The van der Waals surface area contributed by atoms with E-state index in [-0.39, 0.29) is 24.0 Å². The van der Waals surface area contributed by atoms with Crippen molar-refractivity contribution < 1.29 is 0 Å². The Morgan fingerprint density at radius 3 is 2.60 bits per heavy atom.